The number of carbonyl (C=O) groups excluding carboxylic acids is 1. The van der Waals surface area contributed by atoms with Gasteiger partial charge in [-0.25, -0.2) is 4.39 Å². The molecule has 0 unspecified atom stereocenters. The number of ketones is 1. The molecule has 5 nitrogen and oxygen atoms in total. The normalized spacial score (nSPS) is 10.2. The third kappa shape index (κ3) is 3.43. The first-order chi connectivity index (χ1) is 9.88. The quantitative estimate of drug-likeness (QED) is 0.461. The van der Waals surface area contributed by atoms with Gasteiger partial charge in [-0.1, -0.05) is 0 Å². The lowest BCUT2D eigenvalue weighted by Gasteiger charge is -2.07. The Morgan fingerprint density at radius 3 is 2.43 bits per heavy atom. The van der Waals surface area contributed by atoms with Gasteiger partial charge in [-0.2, -0.15) is 0 Å². The molecule has 0 fully saturated rings. The summed E-state index contributed by atoms with van der Waals surface area (Å²) >= 11 is 3.02. The first-order valence-corrected chi connectivity index (χ1v) is 6.60. The van der Waals surface area contributed by atoms with E-state index < -0.39 is 16.5 Å². The molecule has 21 heavy (non-hydrogen) atoms. The van der Waals surface area contributed by atoms with Crippen molar-refractivity contribution in [3.8, 4) is 11.5 Å². The zero-order chi connectivity index (χ0) is 15.6. The van der Waals surface area contributed by atoms with Crippen molar-refractivity contribution in [3.05, 3.63) is 62.4 Å². The number of rotatable bonds is 4. The number of nitro benzene ring substituents is 1. The molecule has 0 heterocycles. The maximum Gasteiger partial charge on any atom is 0.283 e. The second-order valence-electron chi connectivity index (χ2n) is 4.17. The molecular weight excluding hydrogens is 345 g/mol. The van der Waals surface area contributed by atoms with E-state index in [4.69, 9.17) is 4.74 Å². The number of ether oxygens (including phenoxy) is 1. The number of hydrogen-bond donors (Lipinski definition) is 0. The summed E-state index contributed by atoms with van der Waals surface area (Å²) in [6.45, 7) is 1.25. The zero-order valence-electron chi connectivity index (χ0n) is 10.8. The predicted octanol–water partition coefficient (Wildman–Crippen LogP) is 4.49. The van der Waals surface area contributed by atoms with Crippen LogP contribution in [0.2, 0.25) is 0 Å². The van der Waals surface area contributed by atoms with Crippen LogP contribution >= 0.6 is 15.9 Å². The molecule has 0 aliphatic heterocycles. The van der Waals surface area contributed by atoms with Gasteiger partial charge in [0.25, 0.3) is 5.69 Å². The minimum Gasteiger partial charge on any atom is -0.457 e. The molecule has 0 atom stereocenters. The first kappa shape index (κ1) is 15.1. The average molecular weight is 354 g/mol. The Morgan fingerprint density at radius 1 is 1.24 bits per heavy atom. The molecule has 108 valence electrons. The summed E-state index contributed by atoms with van der Waals surface area (Å²) in [6, 6.07) is 7.94. The van der Waals surface area contributed by atoms with E-state index in [0.29, 0.717) is 5.75 Å². The molecule has 0 bridgehead atoms. The van der Waals surface area contributed by atoms with E-state index >= 15 is 0 Å². The average Bonchev–Trinajstić information content (AvgIpc) is 2.42. The van der Waals surface area contributed by atoms with Gasteiger partial charge in [0, 0.05) is 0 Å². The van der Waals surface area contributed by atoms with Gasteiger partial charge in [-0.3, -0.25) is 14.9 Å². The van der Waals surface area contributed by atoms with Crippen molar-refractivity contribution in [2.24, 2.45) is 0 Å². The van der Waals surface area contributed by atoms with E-state index in [-0.39, 0.29) is 21.5 Å². The number of nitrogens with zero attached hydrogens (tertiary/aromatic N) is 1. The molecule has 0 N–H and O–H groups in total. The number of nitro groups is 1. The second-order valence-corrected chi connectivity index (χ2v) is 5.02. The Bertz CT molecular complexity index is 733. The van der Waals surface area contributed by atoms with Crippen LogP contribution in [0.1, 0.15) is 17.3 Å². The highest BCUT2D eigenvalue weighted by Crippen LogP contribution is 2.30. The smallest absolute Gasteiger partial charge is 0.283 e. The number of benzene rings is 2. The summed E-state index contributed by atoms with van der Waals surface area (Å²) in [5, 5.41) is 11.0. The van der Waals surface area contributed by atoms with Crippen LogP contribution in [0.4, 0.5) is 10.1 Å². The lowest BCUT2D eigenvalue weighted by Crippen LogP contribution is -2.00. The van der Waals surface area contributed by atoms with Crippen molar-refractivity contribution >= 4 is 27.4 Å². The van der Waals surface area contributed by atoms with E-state index in [9.17, 15) is 19.3 Å². The topological polar surface area (TPSA) is 69.4 Å². The van der Waals surface area contributed by atoms with Crippen LogP contribution < -0.4 is 4.74 Å². The summed E-state index contributed by atoms with van der Waals surface area (Å²) in [5.41, 5.74) is -0.325. The van der Waals surface area contributed by atoms with Gasteiger partial charge in [0.15, 0.2) is 5.78 Å². The molecule has 2 rings (SSSR count). The van der Waals surface area contributed by atoms with Gasteiger partial charge < -0.3 is 4.74 Å². The summed E-state index contributed by atoms with van der Waals surface area (Å²) in [5.74, 6) is -0.351. The van der Waals surface area contributed by atoms with E-state index in [1.807, 2.05) is 0 Å². The van der Waals surface area contributed by atoms with E-state index in [2.05, 4.69) is 15.9 Å². The van der Waals surface area contributed by atoms with Crippen LogP contribution in [0, 0.1) is 15.9 Å². The molecule has 0 aliphatic carbocycles. The Morgan fingerprint density at radius 2 is 1.86 bits per heavy atom. The highest BCUT2D eigenvalue weighted by Gasteiger charge is 2.18. The molecule has 0 aliphatic rings. The van der Waals surface area contributed by atoms with Crippen LogP contribution in [-0.2, 0) is 0 Å². The van der Waals surface area contributed by atoms with E-state index in [1.54, 1.807) is 0 Å². The molecule has 0 saturated heterocycles. The molecular formula is C14H9BrFNO4. The molecule has 2 aromatic carbocycles. The van der Waals surface area contributed by atoms with Crippen molar-refractivity contribution in [1.82, 2.24) is 0 Å². The fraction of sp³-hybridized carbons (Fsp3) is 0.0714. The highest BCUT2D eigenvalue weighted by molar-refractivity contribution is 9.10. The third-order valence-electron chi connectivity index (χ3n) is 2.67. The fourth-order valence-electron chi connectivity index (χ4n) is 1.70. The molecule has 7 heteroatoms. The van der Waals surface area contributed by atoms with Crippen molar-refractivity contribution in [2.75, 3.05) is 0 Å². The maximum absolute atomic E-state index is 13.1. The van der Waals surface area contributed by atoms with Crippen molar-refractivity contribution in [3.63, 3.8) is 0 Å². The molecule has 0 amide bonds. The standard InChI is InChI=1S/C14H9BrFNO4/c1-8(18)11-4-2-10(7-14(11)17(19)20)21-9-3-5-13(16)12(15)6-9/h2-7H,1H3. The Hall–Kier alpha value is -2.28. The van der Waals surface area contributed by atoms with Crippen LogP contribution in [0.3, 0.4) is 0 Å². The lowest BCUT2D eigenvalue weighted by atomic mass is 10.1. The minimum atomic E-state index is -0.649. The van der Waals surface area contributed by atoms with E-state index in [1.165, 1.54) is 37.3 Å². The predicted molar refractivity (Wildman–Crippen MR) is 77.3 cm³/mol. The number of hydrogen-bond acceptors (Lipinski definition) is 4. The zero-order valence-corrected chi connectivity index (χ0v) is 12.4. The highest BCUT2D eigenvalue weighted by atomic mass is 79.9. The van der Waals surface area contributed by atoms with Crippen LogP contribution in [0.5, 0.6) is 11.5 Å². The summed E-state index contributed by atoms with van der Waals surface area (Å²) in [6.07, 6.45) is 0. The third-order valence-corrected chi connectivity index (χ3v) is 3.28. The van der Waals surface area contributed by atoms with Crippen molar-refractivity contribution in [2.45, 2.75) is 6.92 Å². The van der Waals surface area contributed by atoms with Crippen LogP contribution in [0.15, 0.2) is 40.9 Å². The Balaban J connectivity index is 2.36. The van der Waals surface area contributed by atoms with Gasteiger partial charge in [0.05, 0.1) is 21.0 Å². The van der Waals surface area contributed by atoms with Crippen LogP contribution in [0.25, 0.3) is 0 Å². The van der Waals surface area contributed by atoms with Gasteiger partial charge in [0.1, 0.15) is 17.3 Å². The molecule has 0 saturated carbocycles. The summed E-state index contributed by atoms with van der Waals surface area (Å²) in [7, 11) is 0. The second kappa shape index (κ2) is 6.01. The fourth-order valence-corrected chi connectivity index (χ4v) is 2.06. The lowest BCUT2D eigenvalue weighted by molar-refractivity contribution is -0.385. The largest absolute Gasteiger partial charge is 0.457 e. The number of halogens is 2. The monoisotopic (exact) mass is 353 g/mol. The molecule has 0 spiro atoms. The molecule has 2 aromatic rings. The number of carbonyl (C=O) groups is 1. The Labute approximate surface area is 127 Å². The van der Waals surface area contributed by atoms with Gasteiger partial charge in [-0.05, 0) is 53.2 Å². The van der Waals surface area contributed by atoms with Gasteiger partial charge in [0.2, 0.25) is 0 Å². The van der Waals surface area contributed by atoms with Crippen molar-refractivity contribution in [1.29, 1.82) is 0 Å². The summed E-state index contributed by atoms with van der Waals surface area (Å²) in [4.78, 5) is 21.7. The molecule has 0 aromatic heterocycles. The van der Waals surface area contributed by atoms with Gasteiger partial charge >= 0.3 is 0 Å². The number of Topliss-reactive ketones (excluding diaryl/α,β-unsaturated/α-hetero) is 1. The first-order valence-electron chi connectivity index (χ1n) is 5.81. The summed E-state index contributed by atoms with van der Waals surface area (Å²) < 4.78 is 18.8. The van der Waals surface area contributed by atoms with Gasteiger partial charge in [-0.15, -0.1) is 0 Å². The minimum absolute atomic E-state index is 0.00707. The Kier molecular flexibility index (Phi) is 4.32. The molecule has 0 radical (unpaired) electrons. The maximum atomic E-state index is 13.1. The van der Waals surface area contributed by atoms with Crippen molar-refractivity contribution < 1.29 is 18.8 Å². The van der Waals surface area contributed by atoms with E-state index in [0.717, 1.165) is 6.07 Å². The van der Waals surface area contributed by atoms with Crippen LogP contribution in [-0.4, -0.2) is 10.7 Å². The SMILES string of the molecule is CC(=O)c1ccc(Oc2ccc(F)c(Br)c2)cc1[N+](=O)[O-].